The zero-order chi connectivity index (χ0) is 15.0. The Morgan fingerprint density at radius 1 is 1.43 bits per heavy atom. The number of carbonyl (C=O) groups is 3. The molecule has 2 heterocycles. The van der Waals surface area contributed by atoms with Crippen LogP contribution in [0.2, 0.25) is 0 Å². The highest BCUT2D eigenvalue weighted by atomic mass is 16.2. The number of hydrogen-bond acceptors (Lipinski definition) is 4. The van der Waals surface area contributed by atoms with E-state index in [0.29, 0.717) is 18.5 Å². The molecule has 1 aliphatic heterocycles. The van der Waals surface area contributed by atoms with E-state index in [2.05, 4.69) is 15.7 Å². The number of imide groups is 1. The normalized spacial score (nSPS) is 20.1. The molecular weight excluding hydrogens is 274 g/mol. The summed E-state index contributed by atoms with van der Waals surface area (Å²) in [6, 6.07) is -0.483. The van der Waals surface area contributed by atoms with Gasteiger partial charge >= 0.3 is 6.03 Å². The van der Waals surface area contributed by atoms with Crippen LogP contribution in [0.3, 0.4) is 0 Å². The molecule has 0 aromatic carbocycles. The Kier molecular flexibility index (Phi) is 3.15. The molecule has 4 amide bonds. The van der Waals surface area contributed by atoms with Gasteiger partial charge in [-0.2, -0.15) is 5.10 Å². The van der Waals surface area contributed by atoms with Gasteiger partial charge in [-0.3, -0.25) is 19.2 Å². The zero-order valence-corrected chi connectivity index (χ0v) is 11.8. The molecule has 112 valence electrons. The Balaban J connectivity index is 1.65. The van der Waals surface area contributed by atoms with E-state index in [1.807, 2.05) is 0 Å². The fourth-order valence-electron chi connectivity index (χ4n) is 2.97. The number of aryl methyl sites for hydroxylation is 1. The molecule has 8 heteroatoms. The molecule has 1 saturated heterocycles. The number of aromatic nitrogens is 2. The van der Waals surface area contributed by atoms with Gasteiger partial charge in [-0.1, -0.05) is 12.8 Å². The number of amides is 4. The van der Waals surface area contributed by atoms with Crippen molar-refractivity contribution in [2.45, 2.75) is 31.2 Å². The molecule has 2 aliphatic rings. The summed E-state index contributed by atoms with van der Waals surface area (Å²) >= 11 is 0. The molecule has 8 nitrogen and oxygen atoms in total. The Morgan fingerprint density at radius 3 is 2.76 bits per heavy atom. The Bertz CT molecular complexity index is 603. The van der Waals surface area contributed by atoms with Crippen LogP contribution in [0, 0.1) is 0 Å². The largest absolute Gasteiger partial charge is 0.325 e. The van der Waals surface area contributed by atoms with Gasteiger partial charge < -0.3 is 10.6 Å². The number of urea groups is 1. The van der Waals surface area contributed by atoms with Crippen LogP contribution < -0.4 is 10.6 Å². The average Bonchev–Trinajstić information content (AvgIpc) is 3.09. The smallest absolute Gasteiger partial charge is 0.323 e. The van der Waals surface area contributed by atoms with Crippen molar-refractivity contribution >= 4 is 23.5 Å². The van der Waals surface area contributed by atoms with Gasteiger partial charge in [0.05, 0.1) is 11.9 Å². The van der Waals surface area contributed by atoms with Crippen LogP contribution in [0.25, 0.3) is 0 Å². The molecule has 2 N–H and O–H groups in total. The van der Waals surface area contributed by atoms with E-state index < -0.39 is 17.5 Å². The summed E-state index contributed by atoms with van der Waals surface area (Å²) in [6.07, 6.45) is 6.28. The van der Waals surface area contributed by atoms with Crippen molar-refractivity contribution in [3.05, 3.63) is 12.4 Å². The maximum atomic E-state index is 12.4. The minimum atomic E-state index is -0.772. The number of nitrogens with one attached hydrogen (secondary N) is 2. The number of anilines is 1. The monoisotopic (exact) mass is 291 g/mol. The third kappa shape index (κ3) is 2.37. The van der Waals surface area contributed by atoms with Crippen LogP contribution in [0.15, 0.2) is 12.4 Å². The van der Waals surface area contributed by atoms with Crippen LogP contribution in [0.1, 0.15) is 25.7 Å². The predicted molar refractivity (Wildman–Crippen MR) is 73.3 cm³/mol. The molecule has 1 saturated carbocycles. The highest BCUT2D eigenvalue weighted by molar-refractivity contribution is 6.10. The Hall–Kier alpha value is -2.38. The maximum absolute atomic E-state index is 12.4. The minimum absolute atomic E-state index is 0.276. The molecule has 3 rings (SSSR count). The molecule has 0 unspecified atom stereocenters. The van der Waals surface area contributed by atoms with Crippen LogP contribution in [-0.4, -0.2) is 44.6 Å². The maximum Gasteiger partial charge on any atom is 0.325 e. The molecule has 0 bridgehead atoms. The van der Waals surface area contributed by atoms with E-state index in [1.165, 1.54) is 6.20 Å². The highest BCUT2D eigenvalue weighted by Gasteiger charge is 2.52. The summed E-state index contributed by atoms with van der Waals surface area (Å²) in [6.45, 7) is -0.276. The highest BCUT2D eigenvalue weighted by Crippen LogP contribution is 2.34. The molecule has 1 aromatic rings. The van der Waals surface area contributed by atoms with Crippen molar-refractivity contribution in [3.63, 3.8) is 0 Å². The van der Waals surface area contributed by atoms with Crippen LogP contribution in [0.5, 0.6) is 0 Å². The molecule has 1 aromatic heterocycles. The second-order valence-electron chi connectivity index (χ2n) is 5.56. The first-order chi connectivity index (χ1) is 10.00. The summed E-state index contributed by atoms with van der Waals surface area (Å²) in [5.41, 5.74) is -0.240. The number of hydrogen-bond donors (Lipinski definition) is 2. The standard InChI is InChI=1S/C13H17N5O3/c1-17-7-9(6-14-17)15-10(19)8-18-11(20)13(16-12(18)21)4-2-3-5-13/h6-7H,2-5,8H2,1H3,(H,15,19)(H,16,21). The average molecular weight is 291 g/mol. The van der Waals surface area contributed by atoms with Gasteiger partial charge in [-0.05, 0) is 12.8 Å². The van der Waals surface area contributed by atoms with Gasteiger partial charge in [0.25, 0.3) is 5.91 Å². The summed E-state index contributed by atoms with van der Waals surface area (Å²) in [5.74, 6) is -0.701. The van der Waals surface area contributed by atoms with Gasteiger partial charge in [0.15, 0.2) is 0 Å². The van der Waals surface area contributed by atoms with Crippen molar-refractivity contribution in [1.29, 1.82) is 0 Å². The van der Waals surface area contributed by atoms with Gasteiger partial charge in [-0.25, -0.2) is 4.79 Å². The SMILES string of the molecule is Cn1cc(NC(=O)CN2C(=O)NC3(CCCC3)C2=O)cn1. The Morgan fingerprint density at radius 2 is 2.14 bits per heavy atom. The van der Waals surface area contributed by atoms with Crippen LogP contribution in [0.4, 0.5) is 10.5 Å². The third-order valence-electron chi connectivity index (χ3n) is 3.99. The van der Waals surface area contributed by atoms with E-state index in [4.69, 9.17) is 0 Å². The topological polar surface area (TPSA) is 96.3 Å². The van der Waals surface area contributed by atoms with E-state index in [0.717, 1.165) is 17.7 Å². The number of rotatable bonds is 3. The first-order valence-electron chi connectivity index (χ1n) is 6.93. The minimum Gasteiger partial charge on any atom is -0.323 e. The Labute approximate surface area is 121 Å². The predicted octanol–water partition coefficient (Wildman–Crippen LogP) is 0.223. The van der Waals surface area contributed by atoms with Gasteiger partial charge in [-0.15, -0.1) is 0 Å². The second kappa shape index (κ2) is 4.87. The summed E-state index contributed by atoms with van der Waals surface area (Å²) < 4.78 is 1.55. The molecule has 21 heavy (non-hydrogen) atoms. The lowest BCUT2D eigenvalue weighted by molar-refractivity contribution is -0.133. The van der Waals surface area contributed by atoms with Gasteiger partial charge in [0.2, 0.25) is 5.91 Å². The number of nitrogens with zero attached hydrogens (tertiary/aromatic N) is 3. The van der Waals surface area contributed by atoms with Crippen LogP contribution in [-0.2, 0) is 16.6 Å². The van der Waals surface area contributed by atoms with Crippen LogP contribution >= 0.6 is 0 Å². The molecular formula is C13H17N5O3. The first kappa shape index (κ1) is 13.6. The lowest BCUT2D eigenvalue weighted by Crippen LogP contribution is -2.44. The third-order valence-corrected chi connectivity index (χ3v) is 3.99. The summed E-state index contributed by atoms with van der Waals surface area (Å²) in [5, 5.41) is 9.29. The lowest BCUT2D eigenvalue weighted by Gasteiger charge is -2.19. The molecule has 0 radical (unpaired) electrons. The van der Waals surface area contributed by atoms with Crippen molar-refractivity contribution < 1.29 is 14.4 Å². The lowest BCUT2D eigenvalue weighted by atomic mass is 9.98. The zero-order valence-electron chi connectivity index (χ0n) is 11.8. The van der Waals surface area contributed by atoms with E-state index in [-0.39, 0.29) is 12.5 Å². The van der Waals surface area contributed by atoms with E-state index >= 15 is 0 Å². The first-order valence-corrected chi connectivity index (χ1v) is 6.93. The molecule has 1 spiro atoms. The van der Waals surface area contributed by atoms with Crippen molar-refractivity contribution in [3.8, 4) is 0 Å². The quantitative estimate of drug-likeness (QED) is 0.779. The summed E-state index contributed by atoms with van der Waals surface area (Å²) in [4.78, 5) is 37.3. The number of carbonyl (C=O) groups excluding carboxylic acids is 3. The van der Waals surface area contributed by atoms with Gasteiger partial charge in [0, 0.05) is 13.2 Å². The van der Waals surface area contributed by atoms with Crippen molar-refractivity contribution in [1.82, 2.24) is 20.0 Å². The fraction of sp³-hybridized carbons (Fsp3) is 0.538. The molecule has 1 aliphatic carbocycles. The van der Waals surface area contributed by atoms with E-state index in [1.54, 1.807) is 17.9 Å². The second-order valence-corrected chi connectivity index (χ2v) is 5.56. The van der Waals surface area contributed by atoms with Crippen molar-refractivity contribution in [2.24, 2.45) is 7.05 Å². The molecule has 2 fully saturated rings. The fourth-order valence-corrected chi connectivity index (χ4v) is 2.97. The van der Waals surface area contributed by atoms with Crippen molar-refractivity contribution in [2.75, 3.05) is 11.9 Å². The molecule has 0 atom stereocenters. The van der Waals surface area contributed by atoms with Gasteiger partial charge in [0.1, 0.15) is 12.1 Å². The summed E-state index contributed by atoms with van der Waals surface area (Å²) in [7, 11) is 1.73. The van der Waals surface area contributed by atoms with E-state index in [9.17, 15) is 14.4 Å².